The SMILES string of the molecule is CCOC(=O)C1CCCN(Cc2csc3ccccc23)C1. The van der Waals surface area contributed by atoms with Crippen molar-refractivity contribution >= 4 is 27.4 Å². The predicted molar refractivity (Wildman–Crippen MR) is 86.5 cm³/mol. The first-order valence-electron chi connectivity index (χ1n) is 7.62. The maximum atomic E-state index is 11.9. The van der Waals surface area contributed by atoms with Gasteiger partial charge in [-0.05, 0) is 48.7 Å². The highest BCUT2D eigenvalue weighted by atomic mass is 32.1. The highest BCUT2D eigenvalue weighted by Gasteiger charge is 2.27. The minimum absolute atomic E-state index is 0.0302. The lowest BCUT2D eigenvalue weighted by Crippen LogP contribution is -2.38. The summed E-state index contributed by atoms with van der Waals surface area (Å²) < 4.78 is 6.51. The van der Waals surface area contributed by atoms with Gasteiger partial charge in [0.05, 0.1) is 12.5 Å². The van der Waals surface area contributed by atoms with Crippen LogP contribution in [0.25, 0.3) is 10.1 Å². The molecule has 1 atom stereocenters. The van der Waals surface area contributed by atoms with Gasteiger partial charge in [-0.3, -0.25) is 9.69 Å². The van der Waals surface area contributed by atoms with E-state index in [1.807, 2.05) is 6.92 Å². The van der Waals surface area contributed by atoms with Gasteiger partial charge in [0.1, 0.15) is 0 Å². The summed E-state index contributed by atoms with van der Waals surface area (Å²) in [5, 5.41) is 3.60. The molecule has 1 aliphatic rings. The third-order valence-corrected chi connectivity index (χ3v) is 5.09. The van der Waals surface area contributed by atoms with Gasteiger partial charge >= 0.3 is 5.97 Å². The van der Waals surface area contributed by atoms with Crippen LogP contribution in [0.4, 0.5) is 0 Å². The Kier molecular flexibility index (Phi) is 4.56. The molecule has 1 unspecified atom stereocenters. The van der Waals surface area contributed by atoms with E-state index < -0.39 is 0 Å². The van der Waals surface area contributed by atoms with Crippen molar-refractivity contribution in [2.45, 2.75) is 26.3 Å². The van der Waals surface area contributed by atoms with Crippen LogP contribution in [-0.4, -0.2) is 30.6 Å². The maximum Gasteiger partial charge on any atom is 0.310 e. The van der Waals surface area contributed by atoms with Gasteiger partial charge in [0.25, 0.3) is 0 Å². The molecule has 2 heterocycles. The number of hydrogen-bond donors (Lipinski definition) is 0. The molecule has 0 spiro atoms. The third kappa shape index (κ3) is 3.27. The number of benzene rings is 1. The topological polar surface area (TPSA) is 29.5 Å². The van der Waals surface area contributed by atoms with Crippen LogP contribution in [0.5, 0.6) is 0 Å². The number of carbonyl (C=O) groups is 1. The van der Waals surface area contributed by atoms with Crippen LogP contribution >= 0.6 is 11.3 Å². The van der Waals surface area contributed by atoms with Crippen LogP contribution in [0.1, 0.15) is 25.3 Å². The number of fused-ring (bicyclic) bond motifs is 1. The van der Waals surface area contributed by atoms with Crippen LogP contribution < -0.4 is 0 Å². The lowest BCUT2D eigenvalue weighted by Gasteiger charge is -2.31. The van der Waals surface area contributed by atoms with E-state index in [2.05, 4.69) is 34.5 Å². The molecule has 1 fully saturated rings. The molecule has 3 nitrogen and oxygen atoms in total. The molecule has 1 aliphatic heterocycles. The van der Waals surface area contributed by atoms with E-state index in [4.69, 9.17) is 4.74 Å². The van der Waals surface area contributed by atoms with E-state index >= 15 is 0 Å². The molecule has 1 aromatic heterocycles. The zero-order valence-corrected chi connectivity index (χ0v) is 13.2. The molecular weight excluding hydrogens is 282 g/mol. The Labute approximate surface area is 129 Å². The molecule has 21 heavy (non-hydrogen) atoms. The Balaban J connectivity index is 1.68. The van der Waals surface area contributed by atoms with E-state index in [9.17, 15) is 4.79 Å². The van der Waals surface area contributed by atoms with Gasteiger partial charge in [0, 0.05) is 17.8 Å². The molecule has 112 valence electrons. The second-order valence-corrected chi connectivity index (χ2v) is 6.49. The monoisotopic (exact) mass is 303 g/mol. The van der Waals surface area contributed by atoms with E-state index in [1.54, 1.807) is 11.3 Å². The number of carbonyl (C=O) groups excluding carboxylic acids is 1. The first kappa shape index (κ1) is 14.5. The maximum absolute atomic E-state index is 11.9. The van der Waals surface area contributed by atoms with Crippen molar-refractivity contribution in [1.29, 1.82) is 0 Å². The Morgan fingerprint density at radius 3 is 3.14 bits per heavy atom. The summed E-state index contributed by atoms with van der Waals surface area (Å²) in [5.41, 5.74) is 1.38. The number of hydrogen-bond acceptors (Lipinski definition) is 4. The Hall–Kier alpha value is -1.39. The first-order chi connectivity index (χ1) is 10.3. The van der Waals surface area contributed by atoms with Gasteiger partial charge in [-0.2, -0.15) is 0 Å². The van der Waals surface area contributed by atoms with Gasteiger partial charge < -0.3 is 4.74 Å². The minimum Gasteiger partial charge on any atom is -0.466 e. The highest BCUT2D eigenvalue weighted by Crippen LogP contribution is 2.28. The van der Waals surface area contributed by atoms with Crippen molar-refractivity contribution in [3.63, 3.8) is 0 Å². The summed E-state index contributed by atoms with van der Waals surface area (Å²) >= 11 is 1.80. The molecule has 0 saturated carbocycles. The van der Waals surface area contributed by atoms with Crippen LogP contribution in [0.15, 0.2) is 29.6 Å². The summed E-state index contributed by atoms with van der Waals surface area (Å²) in [7, 11) is 0. The average molecular weight is 303 g/mol. The predicted octanol–water partition coefficient (Wildman–Crippen LogP) is 3.68. The van der Waals surface area contributed by atoms with Gasteiger partial charge in [-0.25, -0.2) is 0 Å². The van der Waals surface area contributed by atoms with Gasteiger partial charge in [-0.1, -0.05) is 18.2 Å². The second kappa shape index (κ2) is 6.58. The number of esters is 1. The molecule has 1 aromatic carbocycles. The normalized spacial score (nSPS) is 19.8. The van der Waals surface area contributed by atoms with E-state index in [1.165, 1.54) is 15.6 Å². The molecule has 0 N–H and O–H groups in total. The van der Waals surface area contributed by atoms with E-state index in [0.717, 1.165) is 32.5 Å². The van der Waals surface area contributed by atoms with E-state index in [-0.39, 0.29) is 11.9 Å². The molecule has 0 amide bonds. The number of nitrogens with zero attached hydrogens (tertiary/aromatic N) is 1. The van der Waals surface area contributed by atoms with Crippen molar-refractivity contribution in [3.05, 3.63) is 35.2 Å². The van der Waals surface area contributed by atoms with Crippen LogP contribution in [0.2, 0.25) is 0 Å². The minimum atomic E-state index is -0.0302. The van der Waals surface area contributed by atoms with Crippen molar-refractivity contribution in [3.8, 4) is 0 Å². The highest BCUT2D eigenvalue weighted by molar-refractivity contribution is 7.17. The van der Waals surface area contributed by atoms with Crippen molar-refractivity contribution in [2.75, 3.05) is 19.7 Å². The summed E-state index contributed by atoms with van der Waals surface area (Å²) in [6, 6.07) is 8.53. The number of rotatable bonds is 4. The van der Waals surface area contributed by atoms with Crippen molar-refractivity contribution in [1.82, 2.24) is 4.90 Å². The van der Waals surface area contributed by atoms with Crippen molar-refractivity contribution in [2.24, 2.45) is 5.92 Å². The standard InChI is InChI=1S/C17H21NO2S/c1-2-20-17(19)13-6-5-9-18(10-13)11-14-12-21-16-8-4-3-7-15(14)16/h3-4,7-8,12-13H,2,5-6,9-11H2,1H3. The van der Waals surface area contributed by atoms with Gasteiger partial charge in [0.15, 0.2) is 0 Å². The fourth-order valence-electron chi connectivity index (χ4n) is 3.05. The Morgan fingerprint density at radius 2 is 2.29 bits per heavy atom. The molecule has 4 heteroatoms. The Morgan fingerprint density at radius 1 is 1.43 bits per heavy atom. The van der Waals surface area contributed by atoms with Crippen LogP contribution in [0.3, 0.4) is 0 Å². The summed E-state index contributed by atoms with van der Waals surface area (Å²) in [4.78, 5) is 14.3. The molecule has 2 aromatic rings. The smallest absolute Gasteiger partial charge is 0.310 e. The van der Waals surface area contributed by atoms with Crippen molar-refractivity contribution < 1.29 is 9.53 Å². The number of piperidine rings is 1. The largest absolute Gasteiger partial charge is 0.466 e. The Bertz CT molecular complexity index is 622. The zero-order valence-electron chi connectivity index (χ0n) is 12.4. The number of thiophene rings is 1. The summed E-state index contributed by atoms with van der Waals surface area (Å²) in [5.74, 6) is 0.0148. The van der Waals surface area contributed by atoms with Crippen LogP contribution in [-0.2, 0) is 16.1 Å². The lowest BCUT2D eigenvalue weighted by molar-refractivity contribution is -0.150. The molecular formula is C17H21NO2S. The molecule has 1 saturated heterocycles. The fourth-order valence-corrected chi connectivity index (χ4v) is 4.00. The molecule has 0 bridgehead atoms. The molecule has 0 aliphatic carbocycles. The van der Waals surface area contributed by atoms with Gasteiger partial charge in [0.2, 0.25) is 0 Å². The molecule has 0 radical (unpaired) electrons. The quantitative estimate of drug-likeness (QED) is 0.807. The first-order valence-corrected chi connectivity index (χ1v) is 8.50. The summed E-state index contributed by atoms with van der Waals surface area (Å²) in [6.45, 7) is 5.17. The zero-order chi connectivity index (χ0) is 14.7. The fraction of sp³-hybridized carbons (Fsp3) is 0.471. The second-order valence-electron chi connectivity index (χ2n) is 5.58. The number of ether oxygens (including phenoxy) is 1. The van der Waals surface area contributed by atoms with E-state index in [0.29, 0.717) is 6.61 Å². The lowest BCUT2D eigenvalue weighted by atomic mass is 9.97. The summed E-state index contributed by atoms with van der Waals surface area (Å²) in [6.07, 6.45) is 2.03. The molecule has 3 rings (SSSR count). The average Bonchev–Trinajstić information content (AvgIpc) is 2.91. The number of likely N-dealkylation sites (tertiary alicyclic amines) is 1. The van der Waals surface area contributed by atoms with Gasteiger partial charge in [-0.15, -0.1) is 11.3 Å². The van der Waals surface area contributed by atoms with Crippen LogP contribution in [0, 0.1) is 5.92 Å². The third-order valence-electron chi connectivity index (χ3n) is 4.08.